The van der Waals surface area contributed by atoms with Crippen LogP contribution in [-0.4, -0.2) is 6.21 Å². The molecule has 1 heterocycles. The fourth-order valence-corrected chi connectivity index (χ4v) is 1.87. The molecular formula is C13H17N. The van der Waals surface area contributed by atoms with Gasteiger partial charge in [-0.25, -0.2) is 0 Å². The number of hydrogen-bond donors (Lipinski definition) is 0. The van der Waals surface area contributed by atoms with Gasteiger partial charge in [-0.05, 0) is 23.8 Å². The average Bonchev–Trinajstić information content (AvgIpc) is 2.19. The molecular weight excluding hydrogens is 170 g/mol. The molecule has 0 spiro atoms. The Kier molecular flexibility index (Phi) is 2.40. The van der Waals surface area contributed by atoms with E-state index >= 15 is 0 Å². The van der Waals surface area contributed by atoms with Crippen molar-refractivity contribution in [2.24, 2.45) is 10.4 Å². The summed E-state index contributed by atoms with van der Waals surface area (Å²) in [4.78, 5) is 4.63. The van der Waals surface area contributed by atoms with Crippen molar-refractivity contribution in [2.75, 3.05) is 0 Å². The van der Waals surface area contributed by atoms with Gasteiger partial charge < -0.3 is 0 Å². The topological polar surface area (TPSA) is 12.4 Å². The highest BCUT2D eigenvalue weighted by Gasteiger charge is 2.23. The molecule has 0 radical (unpaired) electrons. The summed E-state index contributed by atoms with van der Waals surface area (Å²) in [5, 5.41) is 0. The second kappa shape index (κ2) is 3.56. The maximum Gasteiger partial charge on any atom is 0.0745 e. The Morgan fingerprint density at radius 1 is 1.21 bits per heavy atom. The first kappa shape index (κ1) is 9.45. The minimum Gasteiger partial charge on any atom is -0.289 e. The van der Waals surface area contributed by atoms with Gasteiger partial charge in [-0.1, -0.05) is 44.2 Å². The first-order valence-electron chi connectivity index (χ1n) is 5.27. The minimum absolute atomic E-state index is 0.297. The van der Waals surface area contributed by atoms with Crippen LogP contribution in [0.15, 0.2) is 35.3 Å². The van der Waals surface area contributed by atoms with E-state index in [9.17, 15) is 0 Å². The van der Waals surface area contributed by atoms with E-state index in [0.717, 1.165) is 0 Å². The normalized spacial score (nSPS) is 24.9. The van der Waals surface area contributed by atoms with Gasteiger partial charge in [0.05, 0.1) is 6.04 Å². The SMILES string of the molecule is CC1(C)C=N[C@H](c2ccccc2)CC1. The number of hydrogen-bond acceptors (Lipinski definition) is 1. The number of aliphatic imine (C=N–C) groups is 1. The van der Waals surface area contributed by atoms with Crippen LogP contribution in [0.3, 0.4) is 0 Å². The molecule has 0 bridgehead atoms. The molecule has 0 N–H and O–H groups in total. The molecule has 1 aromatic carbocycles. The fraction of sp³-hybridized carbons (Fsp3) is 0.462. The standard InChI is InChI=1S/C13H17N/c1-13(2)9-8-12(14-10-13)11-6-4-3-5-7-11/h3-7,10,12H,8-9H2,1-2H3/t12-/m0/s1. The van der Waals surface area contributed by atoms with Crippen LogP contribution >= 0.6 is 0 Å². The van der Waals surface area contributed by atoms with Crippen molar-refractivity contribution in [1.29, 1.82) is 0 Å². The van der Waals surface area contributed by atoms with Gasteiger partial charge >= 0.3 is 0 Å². The van der Waals surface area contributed by atoms with Crippen LogP contribution in [0.4, 0.5) is 0 Å². The van der Waals surface area contributed by atoms with E-state index in [1.54, 1.807) is 0 Å². The predicted octanol–water partition coefficient (Wildman–Crippen LogP) is 3.62. The predicted molar refractivity (Wildman–Crippen MR) is 60.7 cm³/mol. The second-order valence-corrected chi connectivity index (χ2v) is 4.73. The molecule has 0 amide bonds. The highest BCUT2D eigenvalue weighted by Crippen LogP contribution is 2.33. The van der Waals surface area contributed by atoms with Gasteiger partial charge in [-0.2, -0.15) is 0 Å². The monoisotopic (exact) mass is 187 g/mol. The van der Waals surface area contributed by atoms with Gasteiger partial charge in [0.25, 0.3) is 0 Å². The van der Waals surface area contributed by atoms with Gasteiger partial charge in [0.2, 0.25) is 0 Å². The van der Waals surface area contributed by atoms with Crippen LogP contribution in [0.1, 0.15) is 38.3 Å². The molecule has 1 aliphatic rings. The molecule has 0 aromatic heterocycles. The molecule has 0 saturated carbocycles. The molecule has 0 saturated heterocycles. The van der Waals surface area contributed by atoms with Crippen LogP contribution in [0.2, 0.25) is 0 Å². The summed E-state index contributed by atoms with van der Waals surface area (Å²) < 4.78 is 0. The zero-order valence-electron chi connectivity index (χ0n) is 8.90. The smallest absolute Gasteiger partial charge is 0.0745 e. The van der Waals surface area contributed by atoms with E-state index in [-0.39, 0.29) is 0 Å². The van der Waals surface area contributed by atoms with Crippen molar-refractivity contribution >= 4 is 6.21 Å². The Bertz CT molecular complexity index is 324. The van der Waals surface area contributed by atoms with Crippen molar-refractivity contribution in [1.82, 2.24) is 0 Å². The summed E-state index contributed by atoms with van der Waals surface area (Å²) in [5.41, 5.74) is 1.64. The van der Waals surface area contributed by atoms with Crippen molar-refractivity contribution in [3.8, 4) is 0 Å². The quantitative estimate of drug-likeness (QED) is 0.636. The third-order valence-corrected chi connectivity index (χ3v) is 2.85. The lowest BCUT2D eigenvalue weighted by molar-refractivity contribution is 0.411. The van der Waals surface area contributed by atoms with E-state index in [1.807, 2.05) is 0 Å². The van der Waals surface area contributed by atoms with Crippen molar-refractivity contribution in [3.63, 3.8) is 0 Å². The Morgan fingerprint density at radius 3 is 2.50 bits per heavy atom. The van der Waals surface area contributed by atoms with E-state index < -0.39 is 0 Å². The van der Waals surface area contributed by atoms with Gasteiger partial charge in [0.15, 0.2) is 0 Å². The molecule has 74 valence electrons. The molecule has 2 rings (SSSR count). The Morgan fingerprint density at radius 2 is 1.93 bits per heavy atom. The van der Waals surface area contributed by atoms with E-state index in [0.29, 0.717) is 11.5 Å². The summed E-state index contributed by atoms with van der Waals surface area (Å²) in [5.74, 6) is 0. The van der Waals surface area contributed by atoms with Crippen LogP contribution < -0.4 is 0 Å². The largest absolute Gasteiger partial charge is 0.289 e. The van der Waals surface area contributed by atoms with Crippen LogP contribution in [0.25, 0.3) is 0 Å². The lowest BCUT2D eigenvalue weighted by atomic mass is 9.83. The van der Waals surface area contributed by atoms with E-state index in [2.05, 4.69) is 55.4 Å². The highest BCUT2D eigenvalue weighted by atomic mass is 14.8. The number of nitrogens with zero attached hydrogens (tertiary/aromatic N) is 1. The Labute approximate surface area is 85.9 Å². The van der Waals surface area contributed by atoms with E-state index in [1.165, 1.54) is 18.4 Å². The maximum atomic E-state index is 4.63. The Balaban J connectivity index is 2.17. The van der Waals surface area contributed by atoms with E-state index in [4.69, 9.17) is 0 Å². The summed E-state index contributed by atoms with van der Waals surface area (Å²) in [6.45, 7) is 4.50. The van der Waals surface area contributed by atoms with Crippen LogP contribution in [0.5, 0.6) is 0 Å². The summed E-state index contributed by atoms with van der Waals surface area (Å²) in [6.07, 6.45) is 4.53. The third kappa shape index (κ3) is 2.03. The van der Waals surface area contributed by atoms with Crippen LogP contribution in [-0.2, 0) is 0 Å². The highest BCUT2D eigenvalue weighted by molar-refractivity contribution is 5.66. The average molecular weight is 187 g/mol. The third-order valence-electron chi connectivity index (χ3n) is 2.85. The lowest BCUT2D eigenvalue weighted by Gasteiger charge is -2.27. The zero-order chi connectivity index (χ0) is 10.0. The van der Waals surface area contributed by atoms with Gasteiger partial charge in [-0.15, -0.1) is 0 Å². The first-order chi connectivity index (χ1) is 6.67. The number of benzene rings is 1. The summed E-state index contributed by atoms with van der Waals surface area (Å²) in [7, 11) is 0. The van der Waals surface area contributed by atoms with Crippen molar-refractivity contribution in [3.05, 3.63) is 35.9 Å². The fourth-order valence-electron chi connectivity index (χ4n) is 1.87. The summed E-state index contributed by atoms with van der Waals surface area (Å²) in [6, 6.07) is 11.0. The number of rotatable bonds is 1. The maximum absolute atomic E-state index is 4.63. The first-order valence-corrected chi connectivity index (χ1v) is 5.27. The van der Waals surface area contributed by atoms with Gasteiger partial charge in [0.1, 0.15) is 0 Å². The Hall–Kier alpha value is -1.11. The molecule has 0 unspecified atom stereocenters. The molecule has 1 aromatic rings. The van der Waals surface area contributed by atoms with Gasteiger partial charge in [0, 0.05) is 6.21 Å². The molecule has 0 fully saturated rings. The molecule has 0 aliphatic carbocycles. The van der Waals surface area contributed by atoms with Crippen molar-refractivity contribution in [2.45, 2.75) is 32.7 Å². The molecule has 1 nitrogen and oxygen atoms in total. The molecule has 14 heavy (non-hydrogen) atoms. The van der Waals surface area contributed by atoms with Crippen molar-refractivity contribution < 1.29 is 0 Å². The lowest BCUT2D eigenvalue weighted by Crippen LogP contribution is -2.19. The second-order valence-electron chi connectivity index (χ2n) is 4.73. The molecule has 1 atom stereocenters. The molecule has 1 aliphatic heterocycles. The summed E-state index contributed by atoms with van der Waals surface area (Å²) >= 11 is 0. The van der Waals surface area contributed by atoms with Crippen LogP contribution in [0, 0.1) is 5.41 Å². The molecule has 1 heteroatoms. The zero-order valence-corrected chi connectivity index (χ0v) is 8.90. The minimum atomic E-state index is 0.297. The van der Waals surface area contributed by atoms with Gasteiger partial charge in [-0.3, -0.25) is 4.99 Å².